The average molecular weight is 494 g/mol. The van der Waals surface area contributed by atoms with E-state index in [2.05, 4.69) is 75.8 Å². The van der Waals surface area contributed by atoms with Crippen LogP contribution < -0.4 is 5.32 Å². The molecule has 192 valence electrons. The van der Waals surface area contributed by atoms with Crippen molar-refractivity contribution in [1.29, 1.82) is 0 Å². The van der Waals surface area contributed by atoms with Crippen molar-refractivity contribution < 1.29 is 4.79 Å². The molecule has 3 heterocycles. The predicted octanol–water partition coefficient (Wildman–Crippen LogP) is 6.36. The molecule has 2 atom stereocenters. The van der Waals surface area contributed by atoms with Crippen LogP contribution in [0.5, 0.6) is 0 Å². The highest BCUT2D eigenvalue weighted by atomic mass is 16.2. The number of nitrogens with zero attached hydrogens (tertiary/aromatic N) is 2. The molecule has 0 aliphatic carbocycles. The van der Waals surface area contributed by atoms with E-state index in [0.717, 1.165) is 38.0 Å². The fraction of sp³-hybridized carbons (Fsp3) is 0.424. The van der Waals surface area contributed by atoms with Gasteiger partial charge >= 0.3 is 0 Å². The lowest BCUT2D eigenvalue weighted by molar-refractivity contribution is 0.0624. The molecule has 0 spiro atoms. The number of fused-ring (bicyclic) bond motifs is 2. The van der Waals surface area contributed by atoms with Crippen LogP contribution >= 0.6 is 0 Å². The van der Waals surface area contributed by atoms with E-state index in [1.54, 1.807) is 0 Å². The summed E-state index contributed by atoms with van der Waals surface area (Å²) in [5, 5.41) is 3.81. The van der Waals surface area contributed by atoms with Crippen LogP contribution in [0.1, 0.15) is 60.9 Å². The molecular weight excluding hydrogens is 454 g/mol. The third-order valence-corrected chi connectivity index (χ3v) is 9.29. The zero-order valence-corrected chi connectivity index (χ0v) is 21.8. The Hall–Kier alpha value is -3.11. The van der Waals surface area contributed by atoms with Crippen molar-refractivity contribution in [3.8, 4) is 0 Å². The molecule has 3 saturated heterocycles. The molecule has 0 aromatic heterocycles. The number of piperidine rings is 2. The number of para-hydroxylation sites is 1. The fourth-order valence-corrected chi connectivity index (χ4v) is 7.25. The lowest BCUT2D eigenvalue weighted by atomic mass is 9.70. The summed E-state index contributed by atoms with van der Waals surface area (Å²) in [6.07, 6.45) is 8.39. The second-order valence-electron chi connectivity index (χ2n) is 11.4. The van der Waals surface area contributed by atoms with E-state index in [4.69, 9.17) is 0 Å². The minimum Gasteiger partial charge on any atom is -0.382 e. The Balaban J connectivity index is 1.12. The van der Waals surface area contributed by atoms with Crippen LogP contribution in [0.4, 0.5) is 5.69 Å². The Morgan fingerprint density at radius 3 is 1.97 bits per heavy atom. The summed E-state index contributed by atoms with van der Waals surface area (Å²) in [4.78, 5) is 18.0. The van der Waals surface area contributed by atoms with Crippen LogP contribution in [-0.4, -0.2) is 53.5 Å². The van der Waals surface area contributed by atoms with Gasteiger partial charge in [0.15, 0.2) is 0 Å². The monoisotopic (exact) mass is 493 g/mol. The van der Waals surface area contributed by atoms with Crippen molar-refractivity contribution >= 4 is 11.6 Å². The molecule has 4 nitrogen and oxygen atoms in total. The Labute approximate surface area is 221 Å². The van der Waals surface area contributed by atoms with Gasteiger partial charge in [-0.05, 0) is 86.7 Å². The highest BCUT2D eigenvalue weighted by molar-refractivity contribution is 5.94. The Morgan fingerprint density at radius 2 is 1.35 bits per heavy atom. The van der Waals surface area contributed by atoms with E-state index in [1.165, 1.54) is 43.4 Å². The van der Waals surface area contributed by atoms with Gasteiger partial charge in [0.25, 0.3) is 5.91 Å². The molecule has 0 radical (unpaired) electrons. The lowest BCUT2D eigenvalue weighted by Gasteiger charge is -2.45. The van der Waals surface area contributed by atoms with Gasteiger partial charge in [-0.25, -0.2) is 0 Å². The van der Waals surface area contributed by atoms with Gasteiger partial charge in [0, 0.05) is 42.5 Å². The molecular formula is C33H39N3O. The number of hydrogen-bond acceptors (Lipinski definition) is 3. The zero-order chi connectivity index (χ0) is 25.1. The van der Waals surface area contributed by atoms with Gasteiger partial charge in [0.2, 0.25) is 0 Å². The van der Waals surface area contributed by atoms with Crippen LogP contribution in [0.25, 0.3) is 0 Å². The molecule has 3 aliphatic heterocycles. The summed E-state index contributed by atoms with van der Waals surface area (Å²) in [5.74, 6) is 0.174. The van der Waals surface area contributed by atoms with Gasteiger partial charge < -0.3 is 10.2 Å². The third kappa shape index (κ3) is 5.17. The Bertz CT molecular complexity index is 1140. The van der Waals surface area contributed by atoms with Crippen molar-refractivity contribution in [3.05, 3.63) is 102 Å². The molecule has 1 amide bonds. The van der Waals surface area contributed by atoms with E-state index in [0.29, 0.717) is 18.1 Å². The summed E-state index contributed by atoms with van der Waals surface area (Å²) in [6, 6.07) is 33.5. The van der Waals surface area contributed by atoms with Crippen molar-refractivity contribution in [2.75, 3.05) is 25.0 Å². The maximum atomic E-state index is 13.1. The summed E-state index contributed by atoms with van der Waals surface area (Å²) in [6.45, 7) is 2.83. The second kappa shape index (κ2) is 10.7. The Kier molecular flexibility index (Phi) is 7.01. The molecule has 2 unspecified atom stereocenters. The van der Waals surface area contributed by atoms with Crippen LogP contribution in [0.15, 0.2) is 91.0 Å². The maximum absolute atomic E-state index is 13.1. The minimum absolute atomic E-state index is 0.146. The predicted molar refractivity (Wildman–Crippen MR) is 151 cm³/mol. The van der Waals surface area contributed by atoms with Crippen molar-refractivity contribution in [3.63, 3.8) is 0 Å². The minimum atomic E-state index is 0.146. The van der Waals surface area contributed by atoms with E-state index in [1.807, 2.05) is 30.3 Å². The first-order valence-corrected chi connectivity index (χ1v) is 14.2. The van der Waals surface area contributed by atoms with Crippen molar-refractivity contribution in [1.82, 2.24) is 9.80 Å². The molecule has 6 rings (SSSR count). The van der Waals surface area contributed by atoms with Crippen molar-refractivity contribution in [2.24, 2.45) is 0 Å². The number of hydrogen-bond donors (Lipinski definition) is 1. The van der Waals surface area contributed by atoms with Gasteiger partial charge in [-0.15, -0.1) is 0 Å². The van der Waals surface area contributed by atoms with Crippen LogP contribution in [-0.2, 0) is 5.41 Å². The number of rotatable bonds is 7. The standard InChI is InChI=1S/C33H39N3O/c37-32(26-10-4-1-5-11-26)35-21-18-33(19-22-35,27-12-6-2-7-13-27)20-23-36-30-16-17-31(36)25-29(24-30)34-28-14-8-3-9-15-28/h1-15,29-31,34H,16-25H2. The van der Waals surface area contributed by atoms with E-state index in [9.17, 15) is 4.79 Å². The number of anilines is 1. The molecule has 0 saturated carbocycles. The van der Waals surface area contributed by atoms with Crippen molar-refractivity contribution in [2.45, 2.75) is 68.5 Å². The SMILES string of the molecule is O=C(c1ccccc1)N1CCC(CCN2C3CCC2CC(Nc2ccccc2)C3)(c2ccccc2)CC1. The molecule has 3 aromatic rings. The highest BCUT2D eigenvalue weighted by Crippen LogP contribution is 2.42. The normalized spacial score (nSPS) is 25.1. The van der Waals surface area contributed by atoms with Gasteiger partial charge in [0.1, 0.15) is 0 Å². The first kappa shape index (κ1) is 24.2. The smallest absolute Gasteiger partial charge is 0.253 e. The van der Waals surface area contributed by atoms with Crippen LogP contribution in [0.2, 0.25) is 0 Å². The van der Waals surface area contributed by atoms with Crippen LogP contribution in [0.3, 0.4) is 0 Å². The first-order chi connectivity index (χ1) is 18.2. The summed E-state index contributed by atoms with van der Waals surface area (Å²) < 4.78 is 0. The molecule has 2 bridgehead atoms. The summed E-state index contributed by atoms with van der Waals surface area (Å²) in [7, 11) is 0. The maximum Gasteiger partial charge on any atom is 0.253 e. The summed E-state index contributed by atoms with van der Waals surface area (Å²) >= 11 is 0. The van der Waals surface area contributed by atoms with E-state index >= 15 is 0 Å². The lowest BCUT2D eigenvalue weighted by Crippen LogP contribution is -2.50. The fourth-order valence-electron chi connectivity index (χ4n) is 7.25. The first-order valence-electron chi connectivity index (χ1n) is 14.2. The number of carbonyl (C=O) groups is 1. The zero-order valence-electron chi connectivity index (χ0n) is 21.8. The topological polar surface area (TPSA) is 35.6 Å². The molecule has 4 heteroatoms. The molecule has 3 aliphatic rings. The van der Waals surface area contributed by atoms with Gasteiger partial charge in [0.05, 0.1) is 0 Å². The number of amides is 1. The quantitative estimate of drug-likeness (QED) is 0.416. The summed E-state index contributed by atoms with van der Waals surface area (Å²) in [5.41, 5.74) is 3.65. The van der Waals surface area contributed by atoms with Gasteiger partial charge in [-0.2, -0.15) is 0 Å². The molecule has 3 fully saturated rings. The number of nitrogens with one attached hydrogen (secondary N) is 1. The van der Waals surface area contributed by atoms with E-state index in [-0.39, 0.29) is 11.3 Å². The molecule has 3 aromatic carbocycles. The molecule has 37 heavy (non-hydrogen) atoms. The number of likely N-dealkylation sites (tertiary alicyclic amines) is 1. The average Bonchev–Trinajstić information content (AvgIpc) is 3.21. The largest absolute Gasteiger partial charge is 0.382 e. The second-order valence-corrected chi connectivity index (χ2v) is 11.4. The number of carbonyl (C=O) groups excluding carboxylic acids is 1. The third-order valence-electron chi connectivity index (χ3n) is 9.29. The number of benzene rings is 3. The molecule has 1 N–H and O–H groups in total. The Morgan fingerprint density at radius 1 is 0.784 bits per heavy atom. The van der Waals surface area contributed by atoms with Crippen LogP contribution in [0, 0.1) is 0 Å². The van der Waals surface area contributed by atoms with Gasteiger partial charge in [-0.3, -0.25) is 9.69 Å². The van der Waals surface area contributed by atoms with E-state index < -0.39 is 0 Å². The van der Waals surface area contributed by atoms with Gasteiger partial charge in [-0.1, -0.05) is 66.7 Å². The highest BCUT2D eigenvalue weighted by Gasteiger charge is 2.43.